The van der Waals surface area contributed by atoms with Gasteiger partial charge in [-0.2, -0.15) is 15.8 Å². The summed E-state index contributed by atoms with van der Waals surface area (Å²) in [6.45, 7) is 15.3. The second kappa shape index (κ2) is 14.0. The van der Waals surface area contributed by atoms with Crippen LogP contribution in [0.4, 0.5) is 11.4 Å². The van der Waals surface area contributed by atoms with E-state index in [0.29, 0.717) is 28.1 Å². The lowest BCUT2D eigenvalue weighted by Gasteiger charge is -2.20. The smallest absolute Gasteiger partial charge is 0.184 e. The first-order valence-electron chi connectivity index (χ1n) is 18.9. The number of fused-ring (bicyclic) bond motifs is 6. The number of pyridine rings is 1. The normalized spacial score (nSPS) is 10.9. The largest absolute Gasteiger partial charge is 0.307 e. The zero-order valence-electron chi connectivity index (χ0n) is 31.6. The van der Waals surface area contributed by atoms with Gasteiger partial charge in [0.1, 0.15) is 0 Å². The molecule has 3 aromatic heterocycles. The zero-order chi connectivity index (χ0) is 40.9. The maximum Gasteiger partial charge on any atom is 0.184 e. The predicted molar refractivity (Wildman–Crippen MR) is 236 cm³/mol. The third kappa shape index (κ3) is 5.38. The topological polar surface area (TPSA) is 103 Å². The molecule has 0 aliphatic heterocycles. The SMILES string of the molecule is [C-]#[N+]c1ccc(-c2ccc3c(c2)c2ccccc2n3-c2cncc(-n3c4ccccc4c4cc(-c5ccc(C#N)cc5C#N)ccc43)c2-c2ccccc2C#N)c([N+]#[C-])c1. The van der Waals surface area contributed by atoms with E-state index in [1.54, 1.807) is 24.3 Å². The average Bonchev–Trinajstić information content (AvgIpc) is 3.82. The molecule has 0 aliphatic carbocycles. The molecule has 60 heavy (non-hydrogen) atoms. The van der Waals surface area contributed by atoms with Gasteiger partial charge in [0.25, 0.3) is 0 Å². The molecule has 0 saturated carbocycles. The van der Waals surface area contributed by atoms with Gasteiger partial charge in [-0.25, -0.2) is 9.69 Å². The number of hydrogen-bond acceptors (Lipinski definition) is 4. The monoisotopic (exact) mass is 762 g/mol. The van der Waals surface area contributed by atoms with Gasteiger partial charge in [0.2, 0.25) is 0 Å². The van der Waals surface area contributed by atoms with Gasteiger partial charge >= 0.3 is 0 Å². The highest BCUT2D eigenvalue weighted by atomic mass is 15.0. The van der Waals surface area contributed by atoms with Crippen LogP contribution in [0.5, 0.6) is 0 Å². The molecule has 0 N–H and O–H groups in total. The Hall–Kier alpha value is -9.26. The van der Waals surface area contributed by atoms with Crippen molar-refractivity contribution in [1.29, 1.82) is 15.8 Å². The van der Waals surface area contributed by atoms with Crippen LogP contribution in [0, 0.1) is 47.1 Å². The van der Waals surface area contributed by atoms with Crippen molar-refractivity contribution in [3.63, 3.8) is 0 Å². The number of para-hydroxylation sites is 2. The van der Waals surface area contributed by atoms with E-state index in [1.165, 1.54) is 0 Å². The Morgan fingerprint density at radius 1 is 0.467 bits per heavy atom. The third-order valence-electron chi connectivity index (χ3n) is 11.2. The van der Waals surface area contributed by atoms with E-state index in [-0.39, 0.29) is 0 Å². The average molecular weight is 763 g/mol. The molecule has 0 unspecified atom stereocenters. The molecule has 0 spiro atoms. The number of aromatic nitrogens is 3. The lowest BCUT2D eigenvalue weighted by Crippen LogP contribution is -2.05. The van der Waals surface area contributed by atoms with Crippen molar-refractivity contribution in [2.45, 2.75) is 0 Å². The van der Waals surface area contributed by atoms with Crippen molar-refractivity contribution < 1.29 is 0 Å². The molecule has 0 atom stereocenters. The molecular formula is C52H26N8. The van der Waals surface area contributed by atoms with E-state index in [2.05, 4.69) is 85.6 Å². The van der Waals surface area contributed by atoms with Crippen LogP contribution in [0.2, 0.25) is 0 Å². The Bertz CT molecular complexity index is 3470. The summed E-state index contributed by atoms with van der Waals surface area (Å²) in [6.07, 6.45) is 3.71. The molecule has 0 aliphatic rings. The highest BCUT2D eigenvalue weighted by Crippen LogP contribution is 2.44. The van der Waals surface area contributed by atoms with E-state index < -0.39 is 0 Å². The highest BCUT2D eigenvalue weighted by Gasteiger charge is 2.24. The lowest BCUT2D eigenvalue weighted by atomic mass is 9.96. The third-order valence-corrected chi connectivity index (χ3v) is 11.2. The Labute approximate surface area is 344 Å². The Kier molecular flexibility index (Phi) is 8.23. The van der Waals surface area contributed by atoms with Gasteiger partial charge in [-0.1, -0.05) is 91.0 Å². The number of nitrogens with zero attached hydrogens (tertiary/aromatic N) is 8. The predicted octanol–water partition coefficient (Wildman–Crippen LogP) is 13.0. The first kappa shape index (κ1) is 35.2. The zero-order valence-corrected chi connectivity index (χ0v) is 31.6. The van der Waals surface area contributed by atoms with Gasteiger partial charge < -0.3 is 9.13 Å². The van der Waals surface area contributed by atoms with Gasteiger partial charge in [0.05, 0.1) is 93.9 Å². The molecule has 0 amide bonds. The Morgan fingerprint density at radius 2 is 1.03 bits per heavy atom. The molecule has 0 saturated heterocycles. The van der Waals surface area contributed by atoms with Gasteiger partial charge in [0.15, 0.2) is 11.4 Å². The summed E-state index contributed by atoms with van der Waals surface area (Å²) in [6, 6.07) is 53.6. The van der Waals surface area contributed by atoms with Gasteiger partial charge in [0, 0.05) is 32.7 Å². The van der Waals surface area contributed by atoms with E-state index >= 15 is 0 Å². The molecule has 7 aromatic carbocycles. The number of hydrogen-bond donors (Lipinski definition) is 0. The van der Waals surface area contributed by atoms with Crippen LogP contribution < -0.4 is 0 Å². The molecule has 8 nitrogen and oxygen atoms in total. The first-order valence-corrected chi connectivity index (χ1v) is 18.9. The Morgan fingerprint density at radius 3 is 1.63 bits per heavy atom. The molecule has 0 radical (unpaired) electrons. The molecular weight excluding hydrogens is 737 g/mol. The minimum absolute atomic E-state index is 0.416. The van der Waals surface area contributed by atoms with Crippen molar-refractivity contribution in [2.75, 3.05) is 0 Å². The number of rotatable bonds is 5. The summed E-state index contributed by atoms with van der Waals surface area (Å²) < 4.78 is 4.40. The molecule has 3 heterocycles. The Balaban J connectivity index is 1.27. The van der Waals surface area contributed by atoms with E-state index in [0.717, 1.165) is 88.4 Å². The molecule has 0 bridgehead atoms. The summed E-state index contributed by atoms with van der Waals surface area (Å²) in [5, 5.41) is 34.1. The summed E-state index contributed by atoms with van der Waals surface area (Å²) in [4.78, 5) is 12.2. The van der Waals surface area contributed by atoms with Crippen LogP contribution in [0.3, 0.4) is 0 Å². The van der Waals surface area contributed by atoms with Crippen molar-refractivity contribution in [3.05, 3.63) is 198 Å². The summed E-state index contributed by atoms with van der Waals surface area (Å²) in [5.41, 5.74) is 12.2. The van der Waals surface area contributed by atoms with E-state index in [1.807, 2.05) is 85.2 Å². The molecule has 10 rings (SSSR count). The summed E-state index contributed by atoms with van der Waals surface area (Å²) in [5.74, 6) is 0. The van der Waals surface area contributed by atoms with Crippen molar-refractivity contribution >= 4 is 55.0 Å². The summed E-state index contributed by atoms with van der Waals surface area (Å²) in [7, 11) is 0. The molecule has 8 heteroatoms. The molecule has 10 aromatic rings. The quantitative estimate of drug-likeness (QED) is 0.163. The lowest BCUT2D eigenvalue weighted by molar-refractivity contribution is 1.09. The fraction of sp³-hybridized carbons (Fsp3) is 0. The highest BCUT2D eigenvalue weighted by molar-refractivity contribution is 6.13. The van der Waals surface area contributed by atoms with E-state index in [9.17, 15) is 15.8 Å². The van der Waals surface area contributed by atoms with Gasteiger partial charge in [-0.05, 0) is 76.9 Å². The second-order valence-corrected chi connectivity index (χ2v) is 14.3. The van der Waals surface area contributed by atoms with Crippen LogP contribution in [0.15, 0.2) is 158 Å². The minimum atomic E-state index is 0.416. The van der Waals surface area contributed by atoms with Crippen molar-refractivity contribution in [3.8, 4) is 63.0 Å². The van der Waals surface area contributed by atoms with Crippen LogP contribution in [0.1, 0.15) is 16.7 Å². The maximum absolute atomic E-state index is 10.6. The fourth-order valence-corrected chi connectivity index (χ4v) is 8.54. The van der Waals surface area contributed by atoms with Crippen LogP contribution >= 0.6 is 0 Å². The van der Waals surface area contributed by atoms with Gasteiger partial charge in [-0.15, -0.1) is 0 Å². The van der Waals surface area contributed by atoms with E-state index in [4.69, 9.17) is 18.1 Å². The maximum atomic E-state index is 10.6. The van der Waals surface area contributed by atoms with Crippen LogP contribution in [-0.2, 0) is 0 Å². The van der Waals surface area contributed by atoms with Crippen molar-refractivity contribution in [1.82, 2.24) is 14.1 Å². The van der Waals surface area contributed by atoms with Crippen molar-refractivity contribution in [2.24, 2.45) is 0 Å². The minimum Gasteiger partial charge on any atom is -0.307 e. The standard InChI is InChI=1S/C52H26N8/c1-56-37-18-20-39(45(26-37)57-2)34-17-22-49-44(25-34)42-12-6-8-14-47(42)60(49)51-31-58-30-50(52(51)40-10-4-3-9-35(40)28-54)59-46-13-7-5-11-41(46)43-24-33(16-21-48(43)59)38-19-15-32(27-53)23-36(38)29-55/h3-26,30-31H. The van der Waals surface area contributed by atoms with Crippen LogP contribution in [-0.4, -0.2) is 14.1 Å². The molecule has 274 valence electrons. The number of nitriles is 3. The molecule has 0 fully saturated rings. The second-order valence-electron chi connectivity index (χ2n) is 14.3. The van der Waals surface area contributed by atoms with Gasteiger partial charge in [-0.3, -0.25) is 4.98 Å². The fourth-order valence-electron chi connectivity index (χ4n) is 8.54. The first-order chi connectivity index (χ1) is 29.5. The van der Waals surface area contributed by atoms with Crippen LogP contribution in [0.25, 0.3) is 98.1 Å². The number of benzene rings is 7. The summed E-state index contributed by atoms with van der Waals surface area (Å²) >= 11 is 0.